The van der Waals surface area contributed by atoms with Crippen molar-refractivity contribution in [1.82, 2.24) is 0 Å². The Morgan fingerprint density at radius 1 is 1.14 bits per heavy atom. The zero-order chi connectivity index (χ0) is 15.1. The Hall–Kier alpha value is -0.833. The lowest BCUT2D eigenvalue weighted by Gasteiger charge is -2.45. The van der Waals surface area contributed by atoms with Crippen LogP contribution in [0.5, 0.6) is 0 Å². The average molecular weight is 323 g/mol. The molecule has 0 amide bonds. The van der Waals surface area contributed by atoms with Gasteiger partial charge in [-0.1, -0.05) is 37.2 Å². The molecule has 0 aromatic heterocycles. The number of fused-ring (bicyclic) bond motifs is 3. The van der Waals surface area contributed by atoms with E-state index in [0.29, 0.717) is 30.8 Å². The van der Waals surface area contributed by atoms with Crippen molar-refractivity contribution in [2.45, 2.75) is 25.6 Å². The quantitative estimate of drug-likeness (QED) is 0.586. The first-order valence-electron chi connectivity index (χ1n) is 7.13. The van der Waals surface area contributed by atoms with Crippen molar-refractivity contribution in [2.24, 2.45) is 5.92 Å². The van der Waals surface area contributed by atoms with E-state index in [-0.39, 0.29) is 0 Å². The molecule has 3 aliphatic rings. The van der Waals surface area contributed by atoms with Crippen molar-refractivity contribution in [3.05, 3.63) is 34.3 Å². The second-order valence-electron chi connectivity index (χ2n) is 6.55. The molecule has 3 aliphatic heterocycles. The summed E-state index contributed by atoms with van der Waals surface area (Å²) in [6.07, 6.45) is 0. The van der Waals surface area contributed by atoms with Crippen LogP contribution in [0.4, 0.5) is 0 Å². The van der Waals surface area contributed by atoms with Crippen LogP contribution in [0.25, 0.3) is 0 Å². The van der Waals surface area contributed by atoms with Crippen LogP contribution in [0.3, 0.4) is 0 Å². The molecule has 0 N–H and O–H groups in total. The van der Waals surface area contributed by atoms with Crippen molar-refractivity contribution in [3.8, 4) is 11.5 Å². The van der Waals surface area contributed by atoms with E-state index in [1.165, 1.54) is 0 Å². The van der Waals surface area contributed by atoms with Crippen LogP contribution in [0.2, 0.25) is 24.7 Å². The normalized spacial score (nSPS) is 28.1. The van der Waals surface area contributed by atoms with Gasteiger partial charge < -0.3 is 14.2 Å². The lowest BCUT2D eigenvalue weighted by molar-refractivity contribution is -0.460. The molecule has 3 saturated heterocycles. The Morgan fingerprint density at radius 3 is 2.29 bits per heavy atom. The second kappa shape index (κ2) is 5.42. The summed E-state index contributed by atoms with van der Waals surface area (Å²) in [6, 6.07) is 5.67. The SMILES string of the molecule is C[Si](C)(C)C#Cc1ccc(C23OCC(CO2)CO3)cc1Cl. The minimum absolute atomic E-state index is 0.337. The Balaban J connectivity index is 1.89. The highest BCUT2D eigenvalue weighted by Gasteiger charge is 2.46. The number of rotatable bonds is 1. The van der Waals surface area contributed by atoms with E-state index in [9.17, 15) is 0 Å². The average Bonchev–Trinajstić information content (AvgIpc) is 2.47. The molecule has 2 bridgehead atoms. The highest BCUT2D eigenvalue weighted by Crippen LogP contribution is 2.39. The maximum atomic E-state index is 6.36. The van der Waals surface area contributed by atoms with Crippen molar-refractivity contribution < 1.29 is 14.2 Å². The molecule has 3 heterocycles. The molecule has 1 aromatic rings. The lowest BCUT2D eigenvalue weighted by atomic mass is 10.1. The summed E-state index contributed by atoms with van der Waals surface area (Å²) in [4.78, 5) is 0. The van der Waals surface area contributed by atoms with Crippen LogP contribution in [0.1, 0.15) is 11.1 Å². The van der Waals surface area contributed by atoms with Gasteiger partial charge in [0.1, 0.15) is 8.07 Å². The molecule has 0 saturated carbocycles. The lowest BCUT2D eigenvalue weighted by Crippen LogP contribution is -2.51. The van der Waals surface area contributed by atoms with Gasteiger partial charge in [-0.3, -0.25) is 0 Å². The van der Waals surface area contributed by atoms with Crippen LogP contribution < -0.4 is 0 Å². The third-order valence-electron chi connectivity index (χ3n) is 3.42. The van der Waals surface area contributed by atoms with E-state index in [1.54, 1.807) is 0 Å². The first-order chi connectivity index (χ1) is 9.88. The summed E-state index contributed by atoms with van der Waals surface area (Å²) in [5, 5.41) is 0.608. The largest absolute Gasteiger partial charge is 0.323 e. The van der Waals surface area contributed by atoms with E-state index in [0.717, 1.165) is 11.1 Å². The fourth-order valence-electron chi connectivity index (χ4n) is 2.26. The summed E-state index contributed by atoms with van der Waals surface area (Å²) in [5.41, 5.74) is 4.95. The van der Waals surface area contributed by atoms with Crippen LogP contribution in [0.15, 0.2) is 18.2 Å². The second-order valence-corrected chi connectivity index (χ2v) is 11.7. The zero-order valence-corrected chi connectivity index (χ0v) is 14.3. The Bertz CT molecular complexity index is 590. The van der Waals surface area contributed by atoms with Crippen LogP contribution in [0, 0.1) is 17.4 Å². The molecule has 21 heavy (non-hydrogen) atoms. The first kappa shape index (κ1) is 15.1. The molecule has 112 valence electrons. The minimum Gasteiger partial charge on any atom is -0.323 e. The van der Waals surface area contributed by atoms with Gasteiger partial charge in [0.2, 0.25) is 0 Å². The molecule has 0 aliphatic carbocycles. The Morgan fingerprint density at radius 2 is 1.76 bits per heavy atom. The van der Waals surface area contributed by atoms with Crippen LogP contribution >= 0.6 is 11.6 Å². The van der Waals surface area contributed by atoms with E-state index in [4.69, 9.17) is 25.8 Å². The fraction of sp³-hybridized carbons (Fsp3) is 0.500. The maximum Gasteiger partial charge on any atom is 0.312 e. The van der Waals surface area contributed by atoms with Crippen molar-refractivity contribution in [2.75, 3.05) is 19.8 Å². The molecule has 0 spiro atoms. The zero-order valence-electron chi connectivity index (χ0n) is 12.5. The highest BCUT2D eigenvalue weighted by molar-refractivity contribution is 6.83. The maximum absolute atomic E-state index is 6.36. The molecule has 1 aromatic carbocycles. The van der Waals surface area contributed by atoms with Gasteiger partial charge in [-0.05, 0) is 18.2 Å². The molecular weight excluding hydrogens is 304 g/mol. The smallest absolute Gasteiger partial charge is 0.312 e. The number of ether oxygens (including phenoxy) is 3. The van der Waals surface area contributed by atoms with E-state index >= 15 is 0 Å². The predicted molar refractivity (Wildman–Crippen MR) is 84.7 cm³/mol. The molecular formula is C16H19ClO3Si. The van der Waals surface area contributed by atoms with Gasteiger partial charge in [0.15, 0.2) is 0 Å². The molecule has 0 radical (unpaired) electrons. The van der Waals surface area contributed by atoms with E-state index in [2.05, 4.69) is 31.1 Å². The third-order valence-corrected chi connectivity index (χ3v) is 4.61. The molecule has 3 nitrogen and oxygen atoms in total. The Labute approximate surface area is 131 Å². The van der Waals surface area contributed by atoms with Gasteiger partial charge in [0.25, 0.3) is 0 Å². The topological polar surface area (TPSA) is 27.7 Å². The summed E-state index contributed by atoms with van der Waals surface area (Å²) in [6.45, 7) is 8.60. The molecule has 3 fully saturated rings. The summed E-state index contributed by atoms with van der Waals surface area (Å²) in [5.74, 6) is 2.44. The molecule has 4 rings (SSSR count). The van der Waals surface area contributed by atoms with Crippen LogP contribution in [-0.2, 0) is 20.2 Å². The number of hydrogen-bond donors (Lipinski definition) is 0. The van der Waals surface area contributed by atoms with Crippen molar-refractivity contribution in [1.29, 1.82) is 0 Å². The standard InChI is InChI=1S/C16H19ClO3Si/c1-21(2,3)7-6-13-4-5-14(8-15(13)17)16-18-9-12(10-19-16)11-20-16/h4-5,8,12H,9-11H2,1-3H3. The van der Waals surface area contributed by atoms with Gasteiger partial charge in [-0.2, -0.15) is 0 Å². The minimum atomic E-state index is -1.42. The molecule has 5 heteroatoms. The third kappa shape index (κ3) is 3.18. The van der Waals surface area contributed by atoms with Gasteiger partial charge in [-0.25, -0.2) is 0 Å². The Kier molecular flexibility index (Phi) is 3.89. The summed E-state index contributed by atoms with van der Waals surface area (Å²) >= 11 is 6.36. The summed E-state index contributed by atoms with van der Waals surface area (Å²) in [7, 11) is -1.42. The van der Waals surface area contributed by atoms with Crippen LogP contribution in [-0.4, -0.2) is 27.9 Å². The highest BCUT2D eigenvalue weighted by atomic mass is 35.5. The molecule has 0 atom stereocenters. The van der Waals surface area contributed by atoms with Crippen molar-refractivity contribution in [3.63, 3.8) is 0 Å². The summed E-state index contributed by atoms with van der Waals surface area (Å²) < 4.78 is 17.2. The fourth-order valence-corrected chi connectivity index (χ4v) is 3.00. The van der Waals surface area contributed by atoms with Gasteiger partial charge in [-0.15, -0.1) is 5.54 Å². The van der Waals surface area contributed by atoms with Gasteiger partial charge in [0.05, 0.1) is 24.8 Å². The van der Waals surface area contributed by atoms with Gasteiger partial charge >= 0.3 is 5.97 Å². The number of benzene rings is 1. The first-order valence-corrected chi connectivity index (χ1v) is 11.0. The number of halogens is 1. The predicted octanol–water partition coefficient (Wildman–Crippen LogP) is 3.37. The van der Waals surface area contributed by atoms with E-state index < -0.39 is 14.0 Å². The van der Waals surface area contributed by atoms with E-state index in [1.807, 2.05) is 18.2 Å². The molecule has 0 unspecified atom stereocenters. The monoisotopic (exact) mass is 322 g/mol. The number of hydrogen-bond acceptors (Lipinski definition) is 3. The van der Waals surface area contributed by atoms with Gasteiger partial charge in [0, 0.05) is 17.0 Å². The van der Waals surface area contributed by atoms with Crippen molar-refractivity contribution >= 4 is 19.7 Å².